The smallest absolute Gasteiger partial charge is 0.326 e. The molecule has 10 heteroatoms. The predicted octanol–water partition coefficient (Wildman–Crippen LogP) is 1.19. The van der Waals surface area contributed by atoms with Gasteiger partial charge in [0.2, 0.25) is 0 Å². The van der Waals surface area contributed by atoms with E-state index in [0.29, 0.717) is 44.6 Å². The van der Waals surface area contributed by atoms with Gasteiger partial charge in [-0.05, 0) is 37.1 Å². The molecule has 32 heavy (non-hydrogen) atoms. The van der Waals surface area contributed by atoms with Gasteiger partial charge in [-0.1, -0.05) is 12.1 Å². The first-order chi connectivity index (χ1) is 15.5. The van der Waals surface area contributed by atoms with E-state index in [1.807, 2.05) is 29.9 Å². The van der Waals surface area contributed by atoms with E-state index < -0.39 is 17.9 Å². The Bertz CT molecular complexity index is 983. The highest BCUT2D eigenvalue weighted by Crippen LogP contribution is 2.07. The first-order valence-corrected chi connectivity index (χ1v) is 10.5. The zero-order chi connectivity index (χ0) is 22.8. The van der Waals surface area contributed by atoms with E-state index in [1.54, 1.807) is 30.7 Å². The van der Waals surface area contributed by atoms with E-state index in [1.165, 1.54) is 0 Å². The fourth-order valence-electron chi connectivity index (χ4n) is 3.19. The van der Waals surface area contributed by atoms with E-state index in [2.05, 4.69) is 30.9 Å². The van der Waals surface area contributed by atoms with Crippen molar-refractivity contribution in [1.29, 1.82) is 0 Å². The van der Waals surface area contributed by atoms with E-state index in [9.17, 15) is 14.7 Å². The van der Waals surface area contributed by atoms with Gasteiger partial charge in [0.1, 0.15) is 17.7 Å². The summed E-state index contributed by atoms with van der Waals surface area (Å²) < 4.78 is 1.92. The Morgan fingerprint density at radius 3 is 2.56 bits per heavy atom. The lowest BCUT2D eigenvalue weighted by molar-refractivity contribution is -0.139. The Morgan fingerprint density at radius 1 is 1.09 bits per heavy atom. The van der Waals surface area contributed by atoms with Gasteiger partial charge in [0.05, 0.1) is 13.1 Å². The van der Waals surface area contributed by atoms with Crippen LogP contribution in [0.2, 0.25) is 0 Å². The number of hydrogen-bond acceptors (Lipinski definition) is 6. The monoisotopic (exact) mass is 439 g/mol. The largest absolute Gasteiger partial charge is 0.480 e. The number of carbonyl (C=O) groups is 2. The van der Waals surface area contributed by atoms with Crippen molar-refractivity contribution in [3.8, 4) is 0 Å². The highest BCUT2D eigenvalue weighted by Gasteiger charge is 2.20. The number of hydrogen-bond donors (Lipinski definition) is 5. The van der Waals surface area contributed by atoms with E-state index in [-0.39, 0.29) is 0 Å². The number of nitrogens with one attached hydrogen (secondary N) is 4. The third kappa shape index (κ3) is 7.03. The molecule has 0 spiro atoms. The van der Waals surface area contributed by atoms with Gasteiger partial charge >= 0.3 is 5.97 Å². The first kappa shape index (κ1) is 23.2. The van der Waals surface area contributed by atoms with E-state index in [0.717, 1.165) is 17.2 Å². The molecule has 5 N–H and O–H groups in total. The summed E-state index contributed by atoms with van der Waals surface area (Å²) in [6.07, 6.45) is 8.03. The number of H-pyrrole nitrogens is 1. The standard InChI is InChI=1S/C22H29N7O3/c1-29-12-11-27-20(29)15-23-8-2-3-18(22(31)32)28-21(30)17-6-4-16(5-7-17)13-24-14-19-25-9-10-26-19/h4-7,9-12,18,23-24H,2-3,8,13-15H2,1H3,(H,25,26)(H,28,30)(H,31,32). The zero-order valence-corrected chi connectivity index (χ0v) is 18.0. The van der Waals surface area contributed by atoms with Crippen molar-refractivity contribution in [1.82, 2.24) is 35.5 Å². The van der Waals surface area contributed by atoms with Gasteiger partial charge in [-0.25, -0.2) is 14.8 Å². The number of carboxylic acid groups (broad SMARTS) is 1. The summed E-state index contributed by atoms with van der Waals surface area (Å²) in [4.78, 5) is 35.5. The third-order valence-corrected chi connectivity index (χ3v) is 5.05. The molecule has 1 aromatic carbocycles. The van der Waals surface area contributed by atoms with Gasteiger partial charge in [-0.3, -0.25) is 4.79 Å². The zero-order valence-electron chi connectivity index (χ0n) is 18.0. The van der Waals surface area contributed by atoms with Gasteiger partial charge in [0.25, 0.3) is 5.91 Å². The van der Waals surface area contributed by atoms with Gasteiger partial charge in [-0.15, -0.1) is 0 Å². The number of amides is 1. The Morgan fingerprint density at radius 2 is 1.91 bits per heavy atom. The van der Waals surface area contributed by atoms with Crippen LogP contribution in [0.15, 0.2) is 49.1 Å². The normalized spacial score (nSPS) is 11.9. The maximum atomic E-state index is 12.5. The van der Waals surface area contributed by atoms with Gasteiger partial charge in [0, 0.05) is 43.9 Å². The molecule has 0 saturated carbocycles. The minimum Gasteiger partial charge on any atom is -0.480 e. The Hall–Kier alpha value is -3.50. The minimum atomic E-state index is -1.04. The molecule has 0 fully saturated rings. The lowest BCUT2D eigenvalue weighted by atomic mass is 10.1. The number of aromatic nitrogens is 4. The lowest BCUT2D eigenvalue weighted by Gasteiger charge is -2.15. The summed E-state index contributed by atoms with van der Waals surface area (Å²) in [5.74, 6) is 0.329. The van der Waals surface area contributed by atoms with Crippen LogP contribution < -0.4 is 16.0 Å². The van der Waals surface area contributed by atoms with Crippen LogP contribution >= 0.6 is 0 Å². The number of carbonyl (C=O) groups excluding carboxylic acids is 1. The molecule has 0 aliphatic rings. The summed E-state index contributed by atoms with van der Waals surface area (Å²) in [6, 6.07) is 6.16. The van der Waals surface area contributed by atoms with Crippen molar-refractivity contribution in [2.75, 3.05) is 6.54 Å². The second kappa shape index (κ2) is 11.8. The molecule has 0 aliphatic heterocycles. The second-order valence-electron chi connectivity index (χ2n) is 7.47. The molecule has 0 aliphatic carbocycles. The molecular formula is C22H29N7O3. The fraction of sp³-hybridized carbons (Fsp3) is 0.364. The molecule has 10 nitrogen and oxygen atoms in total. The Balaban J connectivity index is 1.40. The number of nitrogens with zero attached hydrogens (tertiary/aromatic N) is 3. The Labute approximate surface area is 186 Å². The average Bonchev–Trinajstić information content (AvgIpc) is 3.45. The number of carboxylic acids is 1. The van der Waals surface area contributed by atoms with Crippen LogP contribution in [0.1, 0.15) is 40.4 Å². The van der Waals surface area contributed by atoms with Crippen LogP contribution in [-0.4, -0.2) is 49.1 Å². The number of rotatable bonds is 13. The van der Waals surface area contributed by atoms with Crippen molar-refractivity contribution < 1.29 is 14.7 Å². The SMILES string of the molecule is Cn1ccnc1CNCCCC(NC(=O)c1ccc(CNCc2ncc[nH]2)cc1)C(=O)O. The summed E-state index contributed by atoms with van der Waals surface area (Å²) in [5, 5.41) is 18.6. The second-order valence-corrected chi connectivity index (χ2v) is 7.47. The van der Waals surface area contributed by atoms with Crippen molar-refractivity contribution >= 4 is 11.9 Å². The molecule has 3 rings (SSSR count). The van der Waals surface area contributed by atoms with Gasteiger partial charge in [-0.2, -0.15) is 0 Å². The topological polar surface area (TPSA) is 137 Å². The highest BCUT2D eigenvalue weighted by atomic mass is 16.4. The predicted molar refractivity (Wildman–Crippen MR) is 119 cm³/mol. The first-order valence-electron chi connectivity index (χ1n) is 10.5. The molecule has 0 bridgehead atoms. The van der Waals surface area contributed by atoms with Crippen molar-refractivity contribution in [2.45, 2.75) is 38.5 Å². The van der Waals surface area contributed by atoms with Crippen LogP contribution in [0.3, 0.4) is 0 Å². The molecule has 1 unspecified atom stereocenters. The molecule has 0 saturated heterocycles. The van der Waals surface area contributed by atoms with Crippen molar-refractivity contribution in [3.05, 3.63) is 71.8 Å². The van der Waals surface area contributed by atoms with E-state index in [4.69, 9.17) is 0 Å². The number of aromatic amines is 1. The Kier molecular flexibility index (Phi) is 8.52. The van der Waals surface area contributed by atoms with Gasteiger partial charge < -0.3 is 30.6 Å². The molecule has 0 radical (unpaired) electrons. The molecule has 170 valence electrons. The molecule has 1 atom stereocenters. The number of aryl methyl sites for hydroxylation is 1. The fourth-order valence-corrected chi connectivity index (χ4v) is 3.19. The summed E-state index contributed by atoms with van der Waals surface area (Å²) in [7, 11) is 1.92. The van der Waals surface area contributed by atoms with Crippen LogP contribution in [0.5, 0.6) is 0 Å². The lowest BCUT2D eigenvalue weighted by Crippen LogP contribution is -2.41. The summed E-state index contributed by atoms with van der Waals surface area (Å²) in [6.45, 7) is 2.49. The number of benzene rings is 1. The summed E-state index contributed by atoms with van der Waals surface area (Å²) >= 11 is 0. The summed E-state index contributed by atoms with van der Waals surface area (Å²) in [5.41, 5.74) is 1.45. The van der Waals surface area contributed by atoms with Crippen LogP contribution in [-0.2, 0) is 31.5 Å². The highest BCUT2D eigenvalue weighted by molar-refractivity contribution is 5.96. The van der Waals surface area contributed by atoms with Crippen LogP contribution in [0.4, 0.5) is 0 Å². The van der Waals surface area contributed by atoms with Crippen molar-refractivity contribution in [2.24, 2.45) is 7.05 Å². The van der Waals surface area contributed by atoms with Crippen LogP contribution in [0.25, 0.3) is 0 Å². The van der Waals surface area contributed by atoms with Gasteiger partial charge in [0.15, 0.2) is 0 Å². The third-order valence-electron chi connectivity index (χ3n) is 5.05. The molecule has 2 aromatic heterocycles. The quantitative estimate of drug-likeness (QED) is 0.252. The number of aliphatic carboxylic acids is 1. The van der Waals surface area contributed by atoms with Crippen molar-refractivity contribution in [3.63, 3.8) is 0 Å². The average molecular weight is 440 g/mol. The van der Waals surface area contributed by atoms with Crippen LogP contribution in [0, 0.1) is 0 Å². The molecular weight excluding hydrogens is 410 g/mol. The van der Waals surface area contributed by atoms with E-state index >= 15 is 0 Å². The minimum absolute atomic E-state index is 0.337. The molecule has 3 aromatic rings. The maximum Gasteiger partial charge on any atom is 0.326 e. The molecule has 1 amide bonds. The number of imidazole rings is 2. The maximum absolute atomic E-state index is 12.5. The molecule has 2 heterocycles.